The maximum atomic E-state index is 11.8. The lowest BCUT2D eigenvalue weighted by atomic mass is 10.00. The number of nitrogens with one attached hydrogen (secondary N) is 1. The van der Waals surface area contributed by atoms with E-state index in [-0.39, 0.29) is 18.9 Å². The van der Waals surface area contributed by atoms with Gasteiger partial charge in [-0.2, -0.15) is 5.26 Å². The van der Waals surface area contributed by atoms with Gasteiger partial charge in [-0.1, -0.05) is 0 Å². The zero-order valence-corrected chi connectivity index (χ0v) is 11.7. The summed E-state index contributed by atoms with van der Waals surface area (Å²) in [5, 5.41) is 22.3. The molecule has 0 saturated heterocycles. The fourth-order valence-electron chi connectivity index (χ4n) is 2.33. The summed E-state index contributed by atoms with van der Waals surface area (Å²) in [6, 6.07) is 3.00. The van der Waals surface area contributed by atoms with E-state index >= 15 is 0 Å². The molecule has 1 aromatic rings. The van der Waals surface area contributed by atoms with Gasteiger partial charge in [-0.15, -0.1) is 11.3 Å². The molecule has 0 radical (unpaired) electrons. The molecule has 1 unspecified atom stereocenters. The SMILES string of the molecule is N#CCCNC(=O)CN1CCc2sccc2C1C(=O)O. The first kappa shape index (κ1) is 14.5. The summed E-state index contributed by atoms with van der Waals surface area (Å²) in [7, 11) is 0. The molecule has 2 heterocycles. The summed E-state index contributed by atoms with van der Waals surface area (Å²) in [4.78, 5) is 26.0. The van der Waals surface area contributed by atoms with E-state index in [9.17, 15) is 14.7 Å². The molecule has 1 aliphatic heterocycles. The Hall–Kier alpha value is -1.91. The van der Waals surface area contributed by atoms with Gasteiger partial charge in [-0.25, -0.2) is 0 Å². The maximum absolute atomic E-state index is 11.8. The van der Waals surface area contributed by atoms with Crippen LogP contribution >= 0.6 is 11.3 Å². The van der Waals surface area contributed by atoms with Crippen LogP contribution in [0.5, 0.6) is 0 Å². The Bertz CT molecular complexity index is 549. The number of rotatable bonds is 5. The second-order valence-corrected chi connectivity index (χ2v) is 5.52. The van der Waals surface area contributed by atoms with E-state index in [1.165, 1.54) is 0 Å². The van der Waals surface area contributed by atoms with Crippen LogP contribution in [0.1, 0.15) is 22.9 Å². The highest BCUT2D eigenvalue weighted by molar-refractivity contribution is 7.10. The topological polar surface area (TPSA) is 93.4 Å². The first-order chi connectivity index (χ1) is 9.63. The summed E-state index contributed by atoms with van der Waals surface area (Å²) in [6.07, 6.45) is 1.02. The number of amides is 1. The zero-order valence-electron chi connectivity index (χ0n) is 10.8. The number of hydrogen-bond acceptors (Lipinski definition) is 5. The Balaban J connectivity index is 2.03. The molecule has 2 N–H and O–H groups in total. The molecule has 0 spiro atoms. The van der Waals surface area contributed by atoms with E-state index < -0.39 is 12.0 Å². The Morgan fingerprint density at radius 3 is 3.10 bits per heavy atom. The Kier molecular flexibility index (Phi) is 4.71. The van der Waals surface area contributed by atoms with Crippen LogP contribution in [0, 0.1) is 11.3 Å². The highest BCUT2D eigenvalue weighted by Crippen LogP contribution is 2.33. The van der Waals surface area contributed by atoms with Crippen LogP contribution in [0.3, 0.4) is 0 Å². The number of nitriles is 1. The number of carbonyl (C=O) groups is 2. The van der Waals surface area contributed by atoms with Crippen LogP contribution in [0.25, 0.3) is 0 Å². The van der Waals surface area contributed by atoms with Gasteiger partial charge in [0.15, 0.2) is 0 Å². The van der Waals surface area contributed by atoms with E-state index in [1.807, 2.05) is 17.5 Å². The van der Waals surface area contributed by atoms with E-state index in [0.29, 0.717) is 13.1 Å². The van der Waals surface area contributed by atoms with Crippen LogP contribution in [0.4, 0.5) is 0 Å². The minimum Gasteiger partial charge on any atom is -0.480 e. The number of thiophene rings is 1. The van der Waals surface area contributed by atoms with Crippen molar-refractivity contribution >= 4 is 23.2 Å². The van der Waals surface area contributed by atoms with Crippen molar-refractivity contribution in [2.45, 2.75) is 18.9 Å². The van der Waals surface area contributed by atoms with Crippen molar-refractivity contribution in [3.05, 3.63) is 21.9 Å². The Morgan fingerprint density at radius 1 is 1.60 bits per heavy atom. The number of carboxylic acids is 1. The molecule has 7 heteroatoms. The summed E-state index contributed by atoms with van der Waals surface area (Å²) in [6.45, 7) is 0.887. The van der Waals surface area contributed by atoms with Gasteiger partial charge >= 0.3 is 5.97 Å². The monoisotopic (exact) mass is 293 g/mol. The fourth-order valence-corrected chi connectivity index (χ4v) is 3.23. The lowest BCUT2D eigenvalue weighted by Gasteiger charge is -2.32. The van der Waals surface area contributed by atoms with Gasteiger partial charge < -0.3 is 10.4 Å². The normalized spacial score (nSPS) is 18.1. The number of carbonyl (C=O) groups excluding carboxylic acids is 1. The summed E-state index contributed by atoms with van der Waals surface area (Å²) < 4.78 is 0. The molecular weight excluding hydrogens is 278 g/mol. The minimum absolute atomic E-state index is 0.0394. The number of hydrogen-bond donors (Lipinski definition) is 2. The summed E-state index contributed by atoms with van der Waals surface area (Å²) in [5.74, 6) is -1.18. The third kappa shape index (κ3) is 3.15. The highest BCUT2D eigenvalue weighted by Gasteiger charge is 2.34. The van der Waals surface area contributed by atoms with Gasteiger partial charge in [0, 0.05) is 18.0 Å². The van der Waals surface area contributed by atoms with Gasteiger partial charge in [0.1, 0.15) is 6.04 Å². The van der Waals surface area contributed by atoms with Gasteiger partial charge in [-0.3, -0.25) is 14.5 Å². The van der Waals surface area contributed by atoms with Crippen LogP contribution in [-0.4, -0.2) is 41.5 Å². The third-order valence-electron chi connectivity index (χ3n) is 3.21. The Labute approximate surface area is 120 Å². The smallest absolute Gasteiger partial charge is 0.325 e. The van der Waals surface area contributed by atoms with Crippen molar-refractivity contribution in [3.8, 4) is 6.07 Å². The largest absolute Gasteiger partial charge is 0.480 e. The number of nitrogens with zero attached hydrogens (tertiary/aromatic N) is 2. The highest BCUT2D eigenvalue weighted by atomic mass is 32.1. The molecule has 1 aromatic heterocycles. The molecule has 20 heavy (non-hydrogen) atoms. The van der Waals surface area contributed by atoms with Crippen molar-refractivity contribution in [2.75, 3.05) is 19.6 Å². The first-order valence-electron chi connectivity index (χ1n) is 6.30. The minimum atomic E-state index is -0.936. The Morgan fingerprint density at radius 2 is 2.40 bits per heavy atom. The summed E-state index contributed by atoms with van der Waals surface area (Å²) in [5.41, 5.74) is 0.790. The van der Waals surface area contributed by atoms with Gasteiger partial charge in [0.25, 0.3) is 0 Å². The first-order valence-corrected chi connectivity index (χ1v) is 7.18. The molecular formula is C13H15N3O3S. The molecule has 0 bridgehead atoms. The van der Waals surface area contributed by atoms with Gasteiger partial charge in [0.2, 0.25) is 5.91 Å². The average molecular weight is 293 g/mol. The molecule has 2 rings (SSSR count). The molecule has 1 aliphatic rings. The maximum Gasteiger partial charge on any atom is 0.325 e. The standard InChI is InChI=1S/C13H15N3O3S/c14-4-1-5-15-11(17)8-16-6-2-10-9(3-7-20-10)12(16)13(18)19/h3,7,12H,1-2,5-6,8H2,(H,15,17)(H,18,19). The van der Waals surface area contributed by atoms with E-state index in [4.69, 9.17) is 5.26 Å². The second-order valence-electron chi connectivity index (χ2n) is 4.52. The molecule has 0 aliphatic carbocycles. The third-order valence-corrected chi connectivity index (χ3v) is 4.20. The molecule has 0 aromatic carbocycles. The molecule has 1 atom stereocenters. The van der Waals surface area contributed by atoms with E-state index in [2.05, 4.69) is 5.32 Å². The van der Waals surface area contributed by atoms with Crippen molar-refractivity contribution < 1.29 is 14.7 Å². The van der Waals surface area contributed by atoms with E-state index in [1.54, 1.807) is 16.2 Å². The van der Waals surface area contributed by atoms with Crippen LogP contribution in [-0.2, 0) is 16.0 Å². The molecule has 6 nitrogen and oxygen atoms in total. The lowest BCUT2D eigenvalue weighted by molar-refractivity contribution is -0.144. The predicted molar refractivity (Wildman–Crippen MR) is 73.2 cm³/mol. The van der Waals surface area contributed by atoms with Crippen molar-refractivity contribution in [1.29, 1.82) is 5.26 Å². The van der Waals surface area contributed by atoms with Gasteiger partial charge in [-0.05, 0) is 23.4 Å². The predicted octanol–water partition coefficient (Wildman–Crippen LogP) is 0.762. The quantitative estimate of drug-likeness (QED) is 0.782. The molecule has 0 fully saturated rings. The van der Waals surface area contributed by atoms with Crippen LogP contribution < -0.4 is 5.32 Å². The van der Waals surface area contributed by atoms with Crippen molar-refractivity contribution in [1.82, 2.24) is 10.2 Å². The number of carboxylic acid groups (broad SMARTS) is 1. The van der Waals surface area contributed by atoms with Crippen molar-refractivity contribution in [3.63, 3.8) is 0 Å². The van der Waals surface area contributed by atoms with E-state index in [0.717, 1.165) is 16.9 Å². The lowest BCUT2D eigenvalue weighted by Crippen LogP contribution is -2.45. The molecule has 0 saturated carbocycles. The zero-order chi connectivity index (χ0) is 14.5. The second kappa shape index (κ2) is 6.50. The fraction of sp³-hybridized carbons (Fsp3) is 0.462. The number of aliphatic carboxylic acids is 1. The molecule has 106 valence electrons. The average Bonchev–Trinajstić information content (AvgIpc) is 2.86. The summed E-state index contributed by atoms with van der Waals surface area (Å²) >= 11 is 1.56. The van der Waals surface area contributed by atoms with Gasteiger partial charge in [0.05, 0.1) is 19.0 Å². The van der Waals surface area contributed by atoms with Crippen LogP contribution in [0.2, 0.25) is 0 Å². The molecule has 1 amide bonds. The number of fused-ring (bicyclic) bond motifs is 1. The van der Waals surface area contributed by atoms with Crippen LogP contribution in [0.15, 0.2) is 11.4 Å². The van der Waals surface area contributed by atoms with Crippen molar-refractivity contribution in [2.24, 2.45) is 0 Å².